The number of ether oxygens (including phenoxy) is 1. The predicted octanol–water partition coefficient (Wildman–Crippen LogP) is 2.15. The van der Waals surface area contributed by atoms with Crippen molar-refractivity contribution in [3.63, 3.8) is 0 Å². The largest absolute Gasteiger partial charge is 0.366 e. The Morgan fingerprint density at radius 3 is 2.52 bits per heavy atom. The molecule has 1 saturated heterocycles. The number of morpholine rings is 1. The number of carbonyl (C=O) groups is 1. The molecular weight excluding hydrogens is 264 g/mol. The summed E-state index contributed by atoms with van der Waals surface area (Å²) in [4.78, 5) is 12.1. The number of hydrogen-bond acceptors (Lipinski definition) is 3. The van der Waals surface area contributed by atoms with Crippen LogP contribution in [0.3, 0.4) is 0 Å². The van der Waals surface area contributed by atoms with Crippen LogP contribution in [0.25, 0.3) is 0 Å². The first-order valence-corrected chi connectivity index (χ1v) is 7.61. The van der Waals surface area contributed by atoms with Crippen LogP contribution in [0.2, 0.25) is 0 Å². The number of nitrogens with one attached hydrogen (secondary N) is 2. The average molecular weight is 290 g/mol. The number of rotatable bonds is 3. The molecule has 0 aliphatic carbocycles. The summed E-state index contributed by atoms with van der Waals surface area (Å²) in [5.41, 5.74) is 2.55. The second-order valence-corrected chi connectivity index (χ2v) is 6.67. The van der Waals surface area contributed by atoms with Crippen LogP contribution in [0.5, 0.6) is 0 Å². The predicted molar refractivity (Wildman–Crippen MR) is 84.3 cm³/mol. The highest BCUT2D eigenvalue weighted by Crippen LogP contribution is 2.23. The first kappa shape index (κ1) is 16.0. The summed E-state index contributed by atoms with van der Waals surface area (Å²) >= 11 is 0. The molecule has 1 aliphatic heterocycles. The molecule has 2 rings (SSSR count). The molecule has 1 aliphatic rings. The van der Waals surface area contributed by atoms with Crippen LogP contribution in [0.15, 0.2) is 24.3 Å². The third-order valence-corrected chi connectivity index (χ3v) is 3.86. The maximum absolute atomic E-state index is 12.1. The summed E-state index contributed by atoms with van der Waals surface area (Å²) in [5, 5.41) is 6.19. The van der Waals surface area contributed by atoms with E-state index < -0.39 is 0 Å². The van der Waals surface area contributed by atoms with Crippen molar-refractivity contribution in [3.8, 4) is 0 Å². The molecule has 2 N–H and O–H groups in total. The zero-order chi connectivity index (χ0) is 15.5. The summed E-state index contributed by atoms with van der Waals surface area (Å²) in [6.45, 7) is 10.6. The van der Waals surface area contributed by atoms with Gasteiger partial charge in [0, 0.05) is 13.1 Å². The summed E-state index contributed by atoms with van der Waals surface area (Å²) < 4.78 is 5.47. The lowest BCUT2D eigenvalue weighted by molar-refractivity contribution is -0.134. The van der Waals surface area contributed by atoms with Crippen LogP contribution in [0.4, 0.5) is 0 Å². The highest BCUT2D eigenvalue weighted by Gasteiger charge is 2.23. The van der Waals surface area contributed by atoms with Gasteiger partial charge in [-0.2, -0.15) is 0 Å². The first-order chi connectivity index (χ1) is 9.88. The maximum Gasteiger partial charge on any atom is 0.250 e. The number of carbonyl (C=O) groups excluding carboxylic acids is 1. The van der Waals surface area contributed by atoms with E-state index in [0.717, 1.165) is 12.1 Å². The van der Waals surface area contributed by atoms with Gasteiger partial charge in [-0.25, -0.2) is 0 Å². The molecule has 2 unspecified atom stereocenters. The second kappa shape index (κ2) is 6.58. The third-order valence-electron chi connectivity index (χ3n) is 3.86. The topological polar surface area (TPSA) is 50.4 Å². The number of amides is 1. The van der Waals surface area contributed by atoms with Crippen molar-refractivity contribution < 1.29 is 9.53 Å². The minimum absolute atomic E-state index is 0.0166. The standard InChI is InChI=1S/C17H26N2O2/c1-12(19-16(20)15-11-18-9-10-21-15)13-5-7-14(8-6-13)17(2,3)4/h5-8,12,15,18H,9-11H2,1-4H3,(H,19,20). The van der Waals surface area contributed by atoms with Gasteiger partial charge in [0.1, 0.15) is 6.10 Å². The Bertz CT molecular complexity index is 471. The zero-order valence-electron chi connectivity index (χ0n) is 13.4. The van der Waals surface area contributed by atoms with Crippen molar-refractivity contribution in [2.45, 2.75) is 45.3 Å². The van der Waals surface area contributed by atoms with Crippen LogP contribution >= 0.6 is 0 Å². The summed E-state index contributed by atoms with van der Waals surface area (Å²) in [5.74, 6) is -0.0467. The van der Waals surface area contributed by atoms with Crippen molar-refractivity contribution in [1.82, 2.24) is 10.6 Å². The molecule has 21 heavy (non-hydrogen) atoms. The molecule has 2 atom stereocenters. The van der Waals surface area contributed by atoms with Crippen molar-refractivity contribution in [2.75, 3.05) is 19.7 Å². The number of hydrogen-bond donors (Lipinski definition) is 2. The molecule has 0 saturated carbocycles. The number of benzene rings is 1. The Morgan fingerprint density at radius 2 is 2.00 bits per heavy atom. The van der Waals surface area contributed by atoms with Crippen molar-refractivity contribution >= 4 is 5.91 Å². The van der Waals surface area contributed by atoms with E-state index in [2.05, 4.69) is 55.7 Å². The van der Waals surface area contributed by atoms with E-state index in [1.807, 2.05) is 6.92 Å². The Balaban J connectivity index is 1.96. The molecule has 4 nitrogen and oxygen atoms in total. The lowest BCUT2D eigenvalue weighted by atomic mass is 9.86. The molecule has 1 aromatic rings. The van der Waals surface area contributed by atoms with Crippen LogP contribution in [0.1, 0.15) is 44.9 Å². The van der Waals surface area contributed by atoms with E-state index in [4.69, 9.17) is 4.74 Å². The molecule has 4 heteroatoms. The van der Waals surface area contributed by atoms with Gasteiger partial charge in [-0.05, 0) is 23.5 Å². The highest BCUT2D eigenvalue weighted by molar-refractivity contribution is 5.81. The van der Waals surface area contributed by atoms with E-state index in [-0.39, 0.29) is 23.5 Å². The quantitative estimate of drug-likeness (QED) is 0.897. The average Bonchev–Trinajstić information content (AvgIpc) is 2.47. The fraction of sp³-hybridized carbons (Fsp3) is 0.588. The Morgan fingerprint density at radius 1 is 1.33 bits per heavy atom. The Hall–Kier alpha value is -1.39. The van der Waals surface area contributed by atoms with Gasteiger partial charge < -0.3 is 15.4 Å². The van der Waals surface area contributed by atoms with Crippen LogP contribution in [-0.4, -0.2) is 31.7 Å². The van der Waals surface area contributed by atoms with Gasteiger partial charge in [0.05, 0.1) is 12.6 Å². The molecular formula is C17H26N2O2. The molecule has 0 bridgehead atoms. The fourth-order valence-electron chi connectivity index (χ4n) is 2.40. The summed E-state index contributed by atoms with van der Waals surface area (Å²) in [6, 6.07) is 8.43. The Labute approximate surface area is 127 Å². The normalized spacial score (nSPS) is 20.9. The third kappa shape index (κ3) is 4.29. The van der Waals surface area contributed by atoms with Crippen molar-refractivity contribution in [1.29, 1.82) is 0 Å². The van der Waals surface area contributed by atoms with Crippen molar-refractivity contribution in [3.05, 3.63) is 35.4 Å². The van der Waals surface area contributed by atoms with E-state index in [0.29, 0.717) is 13.2 Å². The molecule has 116 valence electrons. The molecule has 0 radical (unpaired) electrons. The van der Waals surface area contributed by atoms with Gasteiger partial charge >= 0.3 is 0 Å². The van der Waals surface area contributed by atoms with Gasteiger partial charge in [-0.15, -0.1) is 0 Å². The van der Waals surface area contributed by atoms with E-state index in [1.54, 1.807) is 0 Å². The molecule has 1 amide bonds. The van der Waals surface area contributed by atoms with Gasteiger partial charge in [-0.3, -0.25) is 4.79 Å². The minimum atomic E-state index is -0.380. The summed E-state index contributed by atoms with van der Waals surface area (Å²) in [7, 11) is 0. The smallest absolute Gasteiger partial charge is 0.250 e. The minimum Gasteiger partial charge on any atom is -0.366 e. The van der Waals surface area contributed by atoms with Gasteiger partial charge in [0.2, 0.25) is 0 Å². The van der Waals surface area contributed by atoms with E-state index >= 15 is 0 Å². The maximum atomic E-state index is 12.1. The zero-order valence-corrected chi connectivity index (χ0v) is 13.4. The van der Waals surface area contributed by atoms with E-state index in [1.165, 1.54) is 5.56 Å². The van der Waals surface area contributed by atoms with Gasteiger partial charge in [0.25, 0.3) is 5.91 Å². The monoisotopic (exact) mass is 290 g/mol. The molecule has 1 fully saturated rings. The summed E-state index contributed by atoms with van der Waals surface area (Å²) in [6.07, 6.45) is -0.380. The first-order valence-electron chi connectivity index (χ1n) is 7.61. The Kier molecular flexibility index (Phi) is 5.01. The van der Waals surface area contributed by atoms with Gasteiger partial charge in [-0.1, -0.05) is 45.0 Å². The SMILES string of the molecule is CC(NC(=O)C1CNCCO1)c1ccc(C(C)(C)C)cc1. The van der Waals surface area contributed by atoms with Crippen LogP contribution in [0, 0.1) is 0 Å². The lowest BCUT2D eigenvalue weighted by Crippen LogP contribution is -2.48. The fourth-order valence-corrected chi connectivity index (χ4v) is 2.40. The molecule has 0 spiro atoms. The molecule has 1 heterocycles. The highest BCUT2D eigenvalue weighted by atomic mass is 16.5. The molecule has 0 aromatic heterocycles. The van der Waals surface area contributed by atoms with Gasteiger partial charge in [0.15, 0.2) is 0 Å². The molecule has 1 aromatic carbocycles. The van der Waals surface area contributed by atoms with E-state index in [9.17, 15) is 4.79 Å². The van der Waals surface area contributed by atoms with Crippen LogP contribution in [-0.2, 0) is 14.9 Å². The van der Waals surface area contributed by atoms with Crippen LogP contribution < -0.4 is 10.6 Å². The second-order valence-electron chi connectivity index (χ2n) is 6.67. The lowest BCUT2D eigenvalue weighted by Gasteiger charge is -2.25. The van der Waals surface area contributed by atoms with Crippen molar-refractivity contribution in [2.24, 2.45) is 0 Å².